The molecule has 6 heteroatoms. The van der Waals surface area contributed by atoms with Crippen molar-refractivity contribution in [1.29, 1.82) is 0 Å². The molecule has 1 aliphatic heterocycles. The Hall–Kier alpha value is -1.82. The minimum absolute atomic E-state index is 0.137. The van der Waals surface area contributed by atoms with E-state index in [-0.39, 0.29) is 11.8 Å². The van der Waals surface area contributed by atoms with Gasteiger partial charge in [0.1, 0.15) is 0 Å². The molecular weight excluding hydrogens is 377 g/mol. The number of hydrogen-bond acceptors (Lipinski definition) is 2. The molecule has 29 heavy (non-hydrogen) atoms. The van der Waals surface area contributed by atoms with E-state index in [1.165, 1.54) is 12.1 Å². The summed E-state index contributed by atoms with van der Waals surface area (Å²) in [6.07, 6.45) is 5.48. The molecule has 1 fully saturated rings. The number of likely N-dealkylation sites (tertiary alicyclic amines) is 1. The van der Waals surface area contributed by atoms with Gasteiger partial charge in [0.05, 0.1) is 5.56 Å². The van der Waals surface area contributed by atoms with Crippen molar-refractivity contribution in [3.05, 3.63) is 47.5 Å². The largest absolute Gasteiger partial charge is 0.416 e. The molecule has 1 aromatic carbocycles. The van der Waals surface area contributed by atoms with Crippen LogP contribution >= 0.6 is 0 Å². The number of carbonyl (C=O) groups excluding carboxylic acids is 1. The zero-order chi connectivity index (χ0) is 20.9. The third-order valence-electron chi connectivity index (χ3n) is 6.20. The molecule has 2 aliphatic rings. The molecule has 1 aliphatic carbocycles. The number of rotatable bonds is 6. The number of benzene rings is 1. The molecule has 1 heterocycles. The first-order chi connectivity index (χ1) is 13.8. The van der Waals surface area contributed by atoms with Crippen molar-refractivity contribution in [3.63, 3.8) is 0 Å². The molecule has 160 valence electrons. The third kappa shape index (κ3) is 6.33. The lowest BCUT2D eigenvalue weighted by molar-refractivity contribution is -0.137. The maximum absolute atomic E-state index is 12.8. The van der Waals surface area contributed by atoms with Crippen molar-refractivity contribution in [3.8, 4) is 0 Å². The van der Waals surface area contributed by atoms with E-state index in [2.05, 4.69) is 17.1 Å². The molecule has 1 amide bonds. The summed E-state index contributed by atoms with van der Waals surface area (Å²) in [7, 11) is 1.92. The summed E-state index contributed by atoms with van der Waals surface area (Å²) in [4.78, 5) is 16.8. The Bertz CT molecular complexity index is 708. The molecule has 0 spiro atoms. The summed E-state index contributed by atoms with van der Waals surface area (Å²) in [5.74, 6) is 0.909. The number of nitrogens with zero attached hydrogens (tertiary/aromatic N) is 2. The molecular formula is C23H31F3N2O. The van der Waals surface area contributed by atoms with E-state index in [1.54, 1.807) is 6.07 Å². The maximum Gasteiger partial charge on any atom is 0.416 e. The number of hydrogen-bond donors (Lipinski definition) is 0. The van der Waals surface area contributed by atoms with Crippen molar-refractivity contribution >= 4 is 5.91 Å². The second kappa shape index (κ2) is 9.79. The van der Waals surface area contributed by atoms with Crippen LogP contribution in [0.15, 0.2) is 36.4 Å². The van der Waals surface area contributed by atoms with Crippen LogP contribution in [0.2, 0.25) is 0 Å². The highest BCUT2D eigenvalue weighted by Gasteiger charge is 2.30. The molecule has 0 bridgehead atoms. The number of halogens is 3. The average Bonchev–Trinajstić information content (AvgIpc) is 2.73. The second-order valence-electron chi connectivity index (χ2n) is 8.43. The summed E-state index contributed by atoms with van der Waals surface area (Å²) in [5, 5.41) is 0. The fourth-order valence-corrected chi connectivity index (χ4v) is 4.39. The van der Waals surface area contributed by atoms with Crippen molar-refractivity contribution in [2.24, 2.45) is 11.8 Å². The fraction of sp³-hybridized carbons (Fsp3) is 0.609. The van der Waals surface area contributed by atoms with E-state index in [9.17, 15) is 18.0 Å². The second-order valence-corrected chi connectivity index (χ2v) is 8.43. The Kier molecular flexibility index (Phi) is 7.38. The van der Waals surface area contributed by atoms with Crippen molar-refractivity contribution in [2.45, 2.75) is 44.7 Å². The Morgan fingerprint density at radius 3 is 2.59 bits per heavy atom. The predicted molar refractivity (Wildman–Crippen MR) is 108 cm³/mol. The Balaban J connectivity index is 1.40. The molecule has 1 unspecified atom stereocenters. The minimum atomic E-state index is -4.29. The number of amides is 1. The minimum Gasteiger partial charge on any atom is -0.345 e. The summed E-state index contributed by atoms with van der Waals surface area (Å²) >= 11 is 0. The average molecular weight is 409 g/mol. The van der Waals surface area contributed by atoms with Gasteiger partial charge in [0.15, 0.2) is 0 Å². The SMILES string of the molecule is CN(CC1CCN(CCc2cccc(C(F)(F)F)c2)CC1)C(=O)C1CC=CCC1. The van der Waals surface area contributed by atoms with E-state index in [1.807, 2.05) is 11.9 Å². The fourth-order valence-electron chi connectivity index (χ4n) is 4.39. The van der Waals surface area contributed by atoms with Gasteiger partial charge in [-0.1, -0.05) is 30.4 Å². The summed E-state index contributed by atoms with van der Waals surface area (Å²) in [6.45, 7) is 3.47. The van der Waals surface area contributed by atoms with E-state index < -0.39 is 11.7 Å². The molecule has 0 radical (unpaired) electrons. The van der Waals surface area contributed by atoms with Crippen LogP contribution in [0.3, 0.4) is 0 Å². The standard InChI is InChI=1S/C23H31F3N2O/c1-27(22(29)20-7-3-2-4-8-20)17-19-11-14-28(15-12-19)13-10-18-6-5-9-21(16-18)23(24,25)26/h2-3,5-6,9,16,19-20H,4,7-8,10-15,17H2,1H3. The van der Waals surface area contributed by atoms with Gasteiger partial charge in [-0.15, -0.1) is 0 Å². The molecule has 1 saturated heterocycles. The number of piperidine rings is 1. The summed E-state index contributed by atoms with van der Waals surface area (Å²) < 4.78 is 38.5. The molecule has 3 nitrogen and oxygen atoms in total. The summed E-state index contributed by atoms with van der Waals surface area (Å²) in [6, 6.07) is 5.63. The highest BCUT2D eigenvalue weighted by Crippen LogP contribution is 2.30. The van der Waals surface area contributed by atoms with Gasteiger partial charge < -0.3 is 9.80 Å². The zero-order valence-corrected chi connectivity index (χ0v) is 17.1. The van der Waals surface area contributed by atoms with Gasteiger partial charge in [0.2, 0.25) is 5.91 Å². The van der Waals surface area contributed by atoms with Crippen LogP contribution in [-0.2, 0) is 17.4 Å². The predicted octanol–water partition coefficient (Wildman–Crippen LogP) is 4.77. The van der Waals surface area contributed by atoms with Crippen LogP contribution in [0.1, 0.15) is 43.2 Å². The van der Waals surface area contributed by atoms with Crippen LogP contribution in [0.4, 0.5) is 13.2 Å². The molecule has 0 saturated carbocycles. The van der Waals surface area contributed by atoms with E-state index in [0.717, 1.165) is 69.9 Å². The van der Waals surface area contributed by atoms with Crippen molar-refractivity contribution in [1.82, 2.24) is 9.80 Å². The van der Waals surface area contributed by atoms with Gasteiger partial charge in [0.25, 0.3) is 0 Å². The molecule has 3 rings (SSSR count). The lowest BCUT2D eigenvalue weighted by atomic mass is 9.91. The first-order valence-corrected chi connectivity index (χ1v) is 10.6. The van der Waals surface area contributed by atoms with Crippen LogP contribution in [0.25, 0.3) is 0 Å². The molecule has 1 atom stereocenters. The number of allylic oxidation sites excluding steroid dienone is 2. The van der Waals surface area contributed by atoms with Crippen LogP contribution in [-0.4, -0.2) is 48.9 Å². The maximum atomic E-state index is 12.8. The van der Waals surface area contributed by atoms with Crippen molar-refractivity contribution in [2.75, 3.05) is 33.2 Å². The highest BCUT2D eigenvalue weighted by atomic mass is 19.4. The monoisotopic (exact) mass is 408 g/mol. The Labute approximate surface area is 171 Å². The Morgan fingerprint density at radius 2 is 1.93 bits per heavy atom. The summed E-state index contributed by atoms with van der Waals surface area (Å²) in [5.41, 5.74) is 0.156. The van der Waals surface area contributed by atoms with Gasteiger partial charge in [-0.05, 0) is 69.2 Å². The first-order valence-electron chi connectivity index (χ1n) is 10.6. The van der Waals surface area contributed by atoms with Gasteiger partial charge in [-0.25, -0.2) is 0 Å². The van der Waals surface area contributed by atoms with E-state index >= 15 is 0 Å². The molecule has 0 aromatic heterocycles. The quantitative estimate of drug-likeness (QED) is 0.633. The lowest BCUT2D eigenvalue weighted by Crippen LogP contribution is -2.41. The first kappa shape index (κ1) is 21.9. The lowest BCUT2D eigenvalue weighted by Gasteiger charge is -2.35. The van der Waals surface area contributed by atoms with Gasteiger partial charge >= 0.3 is 6.18 Å². The molecule has 0 N–H and O–H groups in total. The van der Waals surface area contributed by atoms with Gasteiger partial charge in [-0.2, -0.15) is 13.2 Å². The van der Waals surface area contributed by atoms with Gasteiger partial charge in [-0.3, -0.25) is 4.79 Å². The van der Waals surface area contributed by atoms with Crippen LogP contribution in [0.5, 0.6) is 0 Å². The molecule has 1 aromatic rings. The highest BCUT2D eigenvalue weighted by molar-refractivity contribution is 5.78. The van der Waals surface area contributed by atoms with Crippen molar-refractivity contribution < 1.29 is 18.0 Å². The number of carbonyl (C=O) groups is 1. The van der Waals surface area contributed by atoms with Gasteiger partial charge in [0, 0.05) is 26.1 Å². The Morgan fingerprint density at radius 1 is 1.17 bits per heavy atom. The van der Waals surface area contributed by atoms with Crippen LogP contribution < -0.4 is 0 Å². The smallest absolute Gasteiger partial charge is 0.345 e. The third-order valence-corrected chi connectivity index (χ3v) is 6.20. The number of alkyl halides is 3. The van der Waals surface area contributed by atoms with Crippen LogP contribution in [0, 0.1) is 11.8 Å². The zero-order valence-electron chi connectivity index (χ0n) is 17.1. The van der Waals surface area contributed by atoms with E-state index in [4.69, 9.17) is 0 Å². The topological polar surface area (TPSA) is 23.6 Å². The van der Waals surface area contributed by atoms with E-state index in [0.29, 0.717) is 12.3 Å². The normalized spacial score (nSPS) is 21.3.